The molecule has 0 bridgehead atoms. The van der Waals surface area contributed by atoms with Crippen LogP contribution in [-0.2, 0) is 0 Å². The van der Waals surface area contributed by atoms with Crippen molar-refractivity contribution in [3.05, 3.63) is 22.4 Å². The molecule has 0 saturated carbocycles. The highest BCUT2D eigenvalue weighted by atomic mass is 127. The molecule has 7 heteroatoms. The number of aliphatic imine (C=N–C) groups is 1. The molecular weight excluding hydrogens is 403 g/mol. The van der Waals surface area contributed by atoms with Crippen molar-refractivity contribution in [1.82, 2.24) is 9.80 Å². The molecule has 114 valence electrons. The zero-order valence-corrected chi connectivity index (χ0v) is 16.0. The zero-order valence-electron chi connectivity index (χ0n) is 12.0. The van der Waals surface area contributed by atoms with Crippen molar-refractivity contribution in [2.45, 2.75) is 6.04 Å². The highest BCUT2D eigenvalue weighted by molar-refractivity contribution is 14.0. The summed E-state index contributed by atoms with van der Waals surface area (Å²) in [7, 11) is 4.18. The fraction of sp³-hybridized carbons (Fsp3) is 0.615. The van der Waals surface area contributed by atoms with Gasteiger partial charge in [0.25, 0.3) is 0 Å². The SMILES string of the molecule is CN(C)C(CN=C(N)N1CCSCC1)c1cccs1.I. The van der Waals surface area contributed by atoms with E-state index in [-0.39, 0.29) is 24.0 Å². The molecule has 0 aromatic carbocycles. The molecule has 1 aromatic rings. The summed E-state index contributed by atoms with van der Waals surface area (Å²) in [4.78, 5) is 10.3. The molecule has 1 aliphatic rings. The summed E-state index contributed by atoms with van der Waals surface area (Å²) in [6.45, 7) is 2.76. The third-order valence-corrected chi connectivity index (χ3v) is 5.17. The van der Waals surface area contributed by atoms with E-state index in [4.69, 9.17) is 5.73 Å². The highest BCUT2D eigenvalue weighted by Crippen LogP contribution is 2.23. The highest BCUT2D eigenvalue weighted by Gasteiger charge is 2.16. The monoisotopic (exact) mass is 426 g/mol. The average molecular weight is 426 g/mol. The Morgan fingerprint density at radius 2 is 2.15 bits per heavy atom. The van der Waals surface area contributed by atoms with Gasteiger partial charge in [-0.2, -0.15) is 11.8 Å². The minimum atomic E-state index is 0. The first kappa shape index (κ1) is 18.1. The Hall–Kier alpha value is 0.01000. The lowest BCUT2D eigenvalue weighted by Crippen LogP contribution is -2.43. The number of hydrogen-bond donors (Lipinski definition) is 1. The standard InChI is InChI=1S/C13H22N4S2.HI/c1-16(2)11(12-4-3-7-19-12)10-15-13(14)17-5-8-18-9-6-17;/h3-4,7,11H,5-6,8-10H2,1-2H3,(H2,14,15);1H. The first-order valence-corrected chi connectivity index (χ1v) is 8.54. The Kier molecular flexibility index (Phi) is 8.23. The van der Waals surface area contributed by atoms with Crippen LogP contribution in [-0.4, -0.2) is 61.0 Å². The van der Waals surface area contributed by atoms with Gasteiger partial charge in [-0.05, 0) is 25.5 Å². The van der Waals surface area contributed by atoms with E-state index in [1.54, 1.807) is 11.3 Å². The van der Waals surface area contributed by atoms with Crippen LogP contribution < -0.4 is 5.73 Å². The Morgan fingerprint density at radius 1 is 1.45 bits per heavy atom. The first-order valence-electron chi connectivity index (χ1n) is 6.51. The van der Waals surface area contributed by atoms with Crippen LogP contribution in [0.5, 0.6) is 0 Å². The number of hydrogen-bond acceptors (Lipinski definition) is 4. The van der Waals surface area contributed by atoms with Crippen LogP contribution in [0.15, 0.2) is 22.5 Å². The van der Waals surface area contributed by atoms with Crippen molar-refractivity contribution < 1.29 is 0 Å². The maximum Gasteiger partial charge on any atom is 0.191 e. The Balaban J connectivity index is 0.00000200. The molecule has 0 radical (unpaired) electrons. The van der Waals surface area contributed by atoms with Crippen LogP contribution in [0.4, 0.5) is 0 Å². The van der Waals surface area contributed by atoms with Gasteiger partial charge in [-0.3, -0.25) is 4.99 Å². The minimum absolute atomic E-state index is 0. The number of halogens is 1. The normalized spacial score (nSPS) is 17.9. The van der Waals surface area contributed by atoms with Crippen molar-refractivity contribution in [3.63, 3.8) is 0 Å². The van der Waals surface area contributed by atoms with Gasteiger partial charge in [-0.1, -0.05) is 6.07 Å². The van der Waals surface area contributed by atoms with E-state index in [2.05, 4.69) is 46.4 Å². The van der Waals surface area contributed by atoms with Crippen LogP contribution in [0.25, 0.3) is 0 Å². The summed E-state index contributed by atoms with van der Waals surface area (Å²) in [5.74, 6) is 3.00. The summed E-state index contributed by atoms with van der Waals surface area (Å²) in [5.41, 5.74) is 6.10. The van der Waals surface area contributed by atoms with Crippen molar-refractivity contribution >= 4 is 53.0 Å². The Bertz CT molecular complexity index is 403. The number of nitrogens with zero attached hydrogens (tertiary/aromatic N) is 3. The molecule has 20 heavy (non-hydrogen) atoms. The van der Waals surface area contributed by atoms with Gasteiger partial charge in [0.05, 0.1) is 12.6 Å². The van der Waals surface area contributed by atoms with Crippen LogP contribution >= 0.6 is 47.1 Å². The summed E-state index contributed by atoms with van der Waals surface area (Å²) in [5, 5.41) is 2.11. The second-order valence-electron chi connectivity index (χ2n) is 4.79. The van der Waals surface area contributed by atoms with Gasteiger partial charge < -0.3 is 15.5 Å². The predicted molar refractivity (Wildman–Crippen MR) is 102 cm³/mol. The maximum atomic E-state index is 6.10. The molecule has 0 aliphatic carbocycles. The molecule has 0 spiro atoms. The smallest absolute Gasteiger partial charge is 0.191 e. The second-order valence-corrected chi connectivity index (χ2v) is 7.00. The van der Waals surface area contributed by atoms with Crippen LogP contribution in [0.2, 0.25) is 0 Å². The molecule has 1 aromatic heterocycles. The number of thioether (sulfide) groups is 1. The third-order valence-electron chi connectivity index (χ3n) is 3.26. The lowest BCUT2D eigenvalue weighted by atomic mass is 10.2. The average Bonchev–Trinajstić information content (AvgIpc) is 2.93. The predicted octanol–water partition coefficient (Wildman–Crippen LogP) is 2.33. The summed E-state index contributed by atoms with van der Waals surface area (Å²) in [6.07, 6.45) is 0. The summed E-state index contributed by atoms with van der Waals surface area (Å²) >= 11 is 3.76. The minimum Gasteiger partial charge on any atom is -0.370 e. The fourth-order valence-electron chi connectivity index (χ4n) is 2.06. The molecule has 0 amide bonds. The largest absolute Gasteiger partial charge is 0.370 e. The number of thiophene rings is 1. The van der Waals surface area contributed by atoms with Gasteiger partial charge >= 0.3 is 0 Å². The molecule has 1 saturated heterocycles. The molecule has 1 fully saturated rings. The van der Waals surface area contributed by atoms with Gasteiger partial charge in [0.2, 0.25) is 0 Å². The maximum absolute atomic E-state index is 6.10. The summed E-state index contributed by atoms with van der Waals surface area (Å²) in [6, 6.07) is 4.57. The molecule has 4 nitrogen and oxygen atoms in total. The number of nitrogens with two attached hydrogens (primary N) is 1. The van der Waals surface area contributed by atoms with Gasteiger partial charge in [0.1, 0.15) is 0 Å². The van der Waals surface area contributed by atoms with Gasteiger partial charge in [0, 0.05) is 29.5 Å². The van der Waals surface area contributed by atoms with E-state index in [0.29, 0.717) is 12.0 Å². The summed E-state index contributed by atoms with van der Waals surface area (Å²) < 4.78 is 0. The van der Waals surface area contributed by atoms with Crippen molar-refractivity contribution in [2.75, 3.05) is 45.2 Å². The molecule has 1 aliphatic heterocycles. The number of guanidine groups is 1. The van der Waals surface area contributed by atoms with Crippen molar-refractivity contribution in [2.24, 2.45) is 10.7 Å². The van der Waals surface area contributed by atoms with Crippen molar-refractivity contribution in [1.29, 1.82) is 0 Å². The van der Waals surface area contributed by atoms with E-state index in [9.17, 15) is 0 Å². The van der Waals surface area contributed by atoms with Crippen LogP contribution in [0.1, 0.15) is 10.9 Å². The lowest BCUT2D eigenvalue weighted by molar-refractivity contribution is 0.309. The number of rotatable bonds is 4. The zero-order chi connectivity index (χ0) is 13.7. The van der Waals surface area contributed by atoms with Gasteiger partial charge in [0.15, 0.2) is 5.96 Å². The van der Waals surface area contributed by atoms with Crippen LogP contribution in [0.3, 0.4) is 0 Å². The molecule has 2 rings (SSSR count). The molecule has 2 N–H and O–H groups in total. The Labute approximate surface area is 146 Å². The lowest BCUT2D eigenvalue weighted by Gasteiger charge is -2.28. The fourth-order valence-corrected chi connectivity index (χ4v) is 3.88. The van der Waals surface area contributed by atoms with E-state index in [0.717, 1.165) is 31.1 Å². The topological polar surface area (TPSA) is 44.9 Å². The van der Waals surface area contributed by atoms with E-state index in [1.807, 2.05) is 11.8 Å². The molecular formula is C13H23IN4S2. The van der Waals surface area contributed by atoms with E-state index in [1.165, 1.54) is 4.88 Å². The Morgan fingerprint density at radius 3 is 2.70 bits per heavy atom. The first-order chi connectivity index (χ1) is 9.18. The quantitative estimate of drug-likeness (QED) is 0.456. The second kappa shape index (κ2) is 9.11. The van der Waals surface area contributed by atoms with Crippen LogP contribution in [0, 0.1) is 0 Å². The van der Waals surface area contributed by atoms with Gasteiger partial charge in [-0.25, -0.2) is 0 Å². The van der Waals surface area contributed by atoms with Crippen molar-refractivity contribution in [3.8, 4) is 0 Å². The third kappa shape index (κ3) is 5.09. The molecule has 1 atom stereocenters. The number of likely N-dealkylation sites (N-methyl/N-ethyl adjacent to an activating group) is 1. The van der Waals surface area contributed by atoms with Gasteiger partial charge in [-0.15, -0.1) is 35.3 Å². The van der Waals surface area contributed by atoms with E-state index >= 15 is 0 Å². The van der Waals surface area contributed by atoms with E-state index < -0.39 is 0 Å². The molecule has 2 heterocycles. The molecule has 1 unspecified atom stereocenters.